The topological polar surface area (TPSA) is 80.2 Å². The van der Waals surface area contributed by atoms with Gasteiger partial charge in [-0.25, -0.2) is 9.97 Å². The van der Waals surface area contributed by atoms with Crippen molar-refractivity contribution in [2.75, 3.05) is 12.4 Å². The van der Waals surface area contributed by atoms with Crippen molar-refractivity contribution in [3.05, 3.63) is 30.3 Å². The summed E-state index contributed by atoms with van der Waals surface area (Å²) in [6.45, 7) is 0. The molecule has 2 N–H and O–H groups in total. The average molecular weight is 236 g/mol. The van der Waals surface area contributed by atoms with E-state index in [0.29, 0.717) is 11.6 Å². The molecule has 0 aliphatic carbocycles. The molecule has 0 atom stereocenters. The zero-order valence-electron chi connectivity index (χ0n) is 8.88. The molecule has 0 unspecified atom stereocenters. The number of aromatic hydroxyl groups is 1. The molecule has 0 amide bonds. The zero-order valence-corrected chi connectivity index (χ0v) is 8.88. The summed E-state index contributed by atoms with van der Waals surface area (Å²) in [6, 6.07) is 3.33. The molecule has 0 saturated carbocycles. The lowest BCUT2D eigenvalue weighted by molar-refractivity contribution is 0.398. The maximum Gasteiger partial charge on any atom is 0.252 e. The second kappa shape index (κ2) is 4.60. The van der Waals surface area contributed by atoms with E-state index in [9.17, 15) is 4.39 Å². The number of ether oxygens (including phenoxy) is 1. The maximum absolute atomic E-state index is 12.7. The first-order valence-electron chi connectivity index (χ1n) is 4.67. The van der Waals surface area contributed by atoms with Gasteiger partial charge in [-0.2, -0.15) is 9.37 Å². The van der Waals surface area contributed by atoms with Gasteiger partial charge >= 0.3 is 0 Å². The zero-order chi connectivity index (χ0) is 12.3. The van der Waals surface area contributed by atoms with Gasteiger partial charge in [-0.3, -0.25) is 0 Å². The van der Waals surface area contributed by atoms with Crippen molar-refractivity contribution in [1.82, 2.24) is 15.0 Å². The first-order valence-corrected chi connectivity index (χ1v) is 4.67. The van der Waals surface area contributed by atoms with Gasteiger partial charge in [0.05, 0.1) is 25.2 Å². The molecule has 0 fully saturated rings. The summed E-state index contributed by atoms with van der Waals surface area (Å²) in [5, 5.41) is 11.8. The third-order valence-electron chi connectivity index (χ3n) is 1.93. The molecular formula is C10H9FN4O2. The molecule has 0 aromatic carbocycles. The number of rotatable bonds is 3. The van der Waals surface area contributed by atoms with E-state index in [4.69, 9.17) is 9.84 Å². The van der Waals surface area contributed by atoms with Crippen LogP contribution in [0.4, 0.5) is 16.0 Å². The van der Waals surface area contributed by atoms with Crippen LogP contribution >= 0.6 is 0 Å². The van der Waals surface area contributed by atoms with Crippen molar-refractivity contribution >= 4 is 11.6 Å². The number of halogens is 1. The van der Waals surface area contributed by atoms with Crippen molar-refractivity contribution in [3.8, 4) is 11.8 Å². The largest absolute Gasteiger partial charge is 0.491 e. The summed E-state index contributed by atoms with van der Waals surface area (Å²) in [5.74, 6) is -1.03. The second-order valence-electron chi connectivity index (χ2n) is 3.08. The van der Waals surface area contributed by atoms with Gasteiger partial charge in [0.1, 0.15) is 0 Å². The Morgan fingerprint density at radius 1 is 1.29 bits per heavy atom. The van der Waals surface area contributed by atoms with Crippen molar-refractivity contribution in [3.63, 3.8) is 0 Å². The average Bonchev–Trinajstić information content (AvgIpc) is 2.35. The highest BCUT2D eigenvalue weighted by Crippen LogP contribution is 2.17. The number of methoxy groups -OCH3 is 1. The van der Waals surface area contributed by atoms with E-state index < -0.39 is 11.7 Å². The third kappa shape index (κ3) is 2.57. The van der Waals surface area contributed by atoms with Crippen LogP contribution in [0.25, 0.3) is 0 Å². The Hall–Kier alpha value is -2.44. The van der Waals surface area contributed by atoms with Crippen LogP contribution in [0, 0.1) is 5.82 Å². The Kier molecular flexibility index (Phi) is 2.99. The number of nitrogens with one attached hydrogen (secondary N) is 1. The molecule has 88 valence electrons. The summed E-state index contributed by atoms with van der Waals surface area (Å²) >= 11 is 0. The molecule has 2 aromatic rings. The van der Waals surface area contributed by atoms with Crippen molar-refractivity contribution < 1.29 is 14.2 Å². The van der Waals surface area contributed by atoms with Crippen LogP contribution in [-0.4, -0.2) is 27.2 Å². The Morgan fingerprint density at radius 2 is 2.12 bits per heavy atom. The van der Waals surface area contributed by atoms with Crippen LogP contribution in [0.5, 0.6) is 11.8 Å². The minimum absolute atomic E-state index is 0.0795. The number of hydrogen-bond acceptors (Lipinski definition) is 6. The predicted molar refractivity (Wildman–Crippen MR) is 57.7 cm³/mol. The van der Waals surface area contributed by atoms with Crippen molar-refractivity contribution in [2.45, 2.75) is 0 Å². The molecule has 0 aliphatic heterocycles. The lowest BCUT2D eigenvalue weighted by atomic mass is 10.4. The van der Waals surface area contributed by atoms with E-state index in [2.05, 4.69) is 20.3 Å². The SMILES string of the molecule is COc1ccc(Nc2ncc(F)c(O)n2)cn1. The van der Waals surface area contributed by atoms with Crippen LogP contribution < -0.4 is 10.1 Å². The Morgan fingerprint density at radius 3 is 2.71 bits per heavy atom. The minimum atomic E-state index is -0.872. The lowest BCUT2D eigenvalue weighted by Crippen LogP contribution is -1.98. The van der Waals surface area contributed by atoms with E-state index in [1.54, 1.807) is 12.1 Å². The normalized spacial score (nSPS) is 10.0. The quantitative estimate of drug-likeness (QED) is 0.839. The highest BCUT2D eigenvalue weighted by atomic mass is 19.1. The van der Waals surface area contributed by atoms with Gasteiger partial charge in [-0.15, -0.1) is 0 Å². The fourth-order valence-corrected chi connectivity index (χ4v) is 1.12. The number of nitrogens with zero attached hydrogens (tertiary/aromatic N) is 3. The van der Waals surface area contributed by atoms with Gasteiger partial charge in [0.25, 0.3) is 5.88 Å². The first-order chi connectivity index (χ1) is 8.19. The van der Waals surface area contributed by atoms with Crippen molar-refractivity contribution in [1.29, 1.82) is 0 Å². The summed E-state index contributed by atoms with van der Waals surface area (Å²) in [7, 11) is 1.51. The van der Waals surface area contributed by atoms with Gasteiger partial charge in [-0.1, -0.05) is 0 Å². The summed E-state index contributed by atoms with van der Waals surface area (Å²) in [5.41, 5.74) is 0.594. The van der Waals surface area contributed by atoms with E-state index in [-0.39, 0.29) is 5.95 Å². The van der Waals surface area contributed by atoms with E-state index >= 15 is 0 Å². The molecular weight excluding hydrogens is 227 g/mol. The van der Waals surface area contributed by atoms with Crippen LogP contribution in [0.3, 0.4) is 0 Å². The first kappa shape index (κ1) is 11.1. The summed E-state index contributed by atoms with van der Waals surface area (Å²) < 4.78 is 17.6. The molecule has 7 heteroatoms. The molecule has 0 spiro atoms. The minimum Gasteiger partial charge on any atom is -0.491 e. The second-order valence-corrected chi connectivity index (χ2v) is 3.08. The monoisotopic (exact) mass is 236 g/mol. The Bertz CT molecular complexity index is 518. The van der Waals surface area contributed by atoms with Gasteiger partial charge in [0, 0.05) is 6.07 Å². The van der Waals surface area contributed by atoms with E-state index in [1.165, 1.54) is 13.3 Å². The summed E-state index contributed by atoms with van der Waals surface area (Å²) in [6.07, 6.45) is 2.38. The van der Waals surface area contributed by atoms with Gasteiger partial charge in [0.2, 0.25) is 17.6 Å². The van der Waals surface area contributed by atoms with Crippen LogP contribution in [-0.2, 0) is 0 Å². The molecule has 2 aromatic heterocycles. The van der Waals surface area contributed by atoms with Gasteiger partial charge < -0.3 is 15.2 Å². The number of pyridine rings is 1. The number of hydrogen-bond donors (Lipinski definition) is 2. The molecule has 17 heavy (non-hydrogen) atoms. The predicted octanol–water partition coefficient (Wildman–Crippen LogP) is 1.47. The third-order valence-corrected chi connectivity index (χ3v) is 1.93. The lowest BCUT2D eigenvalue weighted by Gasteiger charge is -2.05. The highest BCUT2D eigenvalue weighted by molar-refractivity contribution is 5.52. The fraction of sp³-hybridized carbons (Fsp3) is 0.100. The molecule has 0 aliphatic rings. The fourth-order valence-electron chi connectivity index (χ4n) is 1.12. The van der Waals surface area contributed by atoms with E-state index in [0.717, 1.165) is 6.20 Å². The molecule has 2 rings (SSSR count). The van der Waals surface area contributed by atoms with Gasteiger partial charge in [0.15, 0.2) is 0 Å². The number of aromatic nitrogens is 3. The molecule has 0 saturated heterocycles. The van der Waals surface area contributed by atoms with E-state index in [1.807, 2.05) is 0 Å². The van der Waals surface area contributed by atoms with Crippen LogP contribution in [0.15, 0.2) is 24.5 Å². The number of anilines is 2. The highest BCUT2D eigenvalue weighted by Gasteiger charge is 2.05. The maximum atomic E-state index is 12.7. The van der Waals surface area contributed by atoms with Crippen molar-refractivity contribution in [2.24, 2.45) is 0 Å². The molecule has 2 heterocycles. The van der Waals surface area contributed by atoms with Gasteiger partial charge in [-0.05, 0) is 6.07 Å². The van der Waals surface area contributed by atoms with Crippen LogP contribution in [0.1, 0.15) is 0 Å². The smallest absolute Gasteiger partial charge is 0.252 e. The molecule has 6 nitrogen and oxygen atoms in total. The standard InChI is InChI=1S/C10H9FN4O2/c1-17-8-3-2-6(4-12-8)14-10-13-5-7(11)9(16)15-10/h2-5H,1H3,(H2,13,14,15,16). The molecule has 0 bridgehead atoms. The van der Waals surface area contributed by atoms with Crippen LogP contribution in [0.2, 0.25) is 0 Å². The Balaban J connectivity index is 2.16. The summed E-state index contributed by atoms with van der Waals surface area (Å²) in [4.78, 5) is 11.1. The Labute approximate surface area is 96.1 Å². The molecule has 0 radical (unpaired) electrons.